The van der Waals surface area contributed by atoms with Crippen LogP contribution in [0.25, 0.3) is 0 Å². The maximum absolute atomic E-state index is 12.1. The molecule has 0 aliphatic carbocycles. The lowest BCUT2D eigenvalue weighted by atomic mass is 10.1. The molecule has 92 valence electrons. The van der Waals surface area contributed by atoms with E-state index in [9.17, 15) is 4.79 Å². The SMILES string of the molecule is Cc1cccc(C(=O)Nc2cccc(N)c2C)c1. The summed E-state index contributed by atoms with van der Waals surface area (Å²) in [5.74, 6) is -0.118. The van der Waals surface area contributed by atoms with E-state index in [0.717, 1.165) is 16.8 Å². The van der Waals surface area contributed by atoms with Crippen molar-refractivity contribution in [2.75, 3.05) is 11.1 Å². The monoisotopic (exact) mass is 240 g/mol. The molecule has 0 bridgehead atoms. The fourth-order valence-electron chi connectivity index (χ4n) is 1.77. The molecular weight excluding hydrogens is 224 g/mol. The van der Waals surface area contributed by atoms with Crippen molar-refractivity contribution in [3.63, 3.8) is 0 Å². The molecule has 0 heterocycles. The molecule has 3 nitrogen and oxygen atoms in total. The number of hydrogen-bond acceptors (Lipinski definition) is 2. The van der Waals surface area contributed by atoms with E-state index >= 15 is 0 Å². The molecule has 0 aromatic heterocycles. The number of carbonyl (C=O) groups is 1. The molecule has 3 heteroatoms. The Hall–Kier alpha value is -2.29. The van der Waals surface area contributed by atoms with Gasteiger partial charge in [-0.2, -0.15) is 0 Å². The lowest BCUT2D eigenvalue weighted by Crippen LogP contribution is -2.13. The molecule has 0 fully saturated rings. The van der Waals surface area contributed by atoms with E-state index in [4.69, 9.17) is 5.73 Å². The van der Waals surface area contributed by atoms with Gasteiger partial charge in [0.1, 0.15) is 0 Å². The molecule has 1 amide bonds. The molecule has 18 heavy (non-hydrogen) atoms. The summed E-state index contributed by atoms with van der Waals surface area (Å²) < 4.78 is 0. The van der Waals surface area contributed by atoms with Crippen LogP contribution in [0.3, 0.4) is 0 Å². The van der Waals surface area contributed by atoms with E-state index in [1.54, 1.807) is 6.07 Å². The van der Waals surface area contributed by atoms with Gasteiger partial charge in [0.15, 0.2) is 0 Å². The second-order valence-corrected chi connectivity index (χ2v) is 4.34. The third-order valence-corrected chi connectivity index (χ3v) is 2.90. The number of hydrogen-bond donors (Lipinski definition) is 2. The summed E-state index contributed by atoms with van der Waals surface area (Å²) in [5, 5.41) is 2.88. The van der Waals surface area contributed by atoms with Gasteiger partial charge in [-0.05, 0) is 43.7 Å². The average molecular weight is 240 g/mol. The molecule has 0 aliphatic rings. The van der Waals surface area contributed by atoms with Crippen molar-refractivity contribution in [3.8, 4) is 0 Å². The van der Waals surface area contributed by atoms with Crippen LogP contribution in [-0.4, -0.2) is 5.91 Å². The lowest BCUT2D eigenvalue weighted by Gasteiger charge is -2.10. The van der Waals surface area contributed by atoms with Crippen LogP contribution in [0, 0.1) is 13.8 Å². The summed E-state index contributed by atoms with van der Waals surface area (Å²) in [4.78, 5) is 12.1. The Morgan fingerprint density at radius 1 is 1.11 bits per heavy atom. The summed E-state index contributed by atoms with van der Waals surface area (Å²) in [6, 6.07) is 13.0. The van der Waals surface area contributed by atoms with Gasteiger partial charge < -0.3 is 11.1 Å². The Balaban J connectivity index is 2.24. The third kappa shape index (κ3) is 2.51. The summed E-state index contributed by atoms with van der Waals surface area (Å²) >= 11 is 0. The van der Waals surface area contributed by atoms with E-state index in [-0.39, 0.29) is 5.91 Å². The number of rotatable bonds is 2. The van der Waals surface area contributed by atoms with Gasteiger partial charge in [0.2, 0.25) is 0 Å². The summed E-state index contributed by atoms with van der Waals surface area (Å²) in [7, 11) is 0. The summed E-state index contributed by atoms with van der Waals surface area (Å²) in [6.45, 7) is 3.85. The standard InChI is InChI=1S/C15H16N2O/c1-10-5-3-6-12(9-10)15(18)17-14-8-4-7-13(16)11(14)2/h3-9H,16H2,1-2H3,(H,17,18). The molecule has 0 radical (unpaired) electrons. The predicted molar refractivity (Wildman–Crippen MR) is 74.7 cm³/mol. The molecule has 0 aliphatic heterocycles. The van der Waals surface area contributed by atoms with E-state index in [1.807, 2.05) is 50.2 Å². The van der Waals surface area contributed by atoms with E-state index in [0.29, 0.717) is 11.3 Å². The van der Waals surface area contributed by atoms with Gasteiger partial charge in [-0.25, -0.2) is 0 Å². The van der Waals surface area contributed by atoms with Crippen LogP contribution in [0.1, 0.15) is 21.5 Å². The summed E-state index contributed by atoms with van der Waals surface area (Å²) in [6.07, 6.45) is 0. The van der Waals surface area contributed by atoms with Gasteiger partial charge in [0.25, 0.3) is 5.91 Å². The number of amides is 1. The van der Waals surface area contributed by atoms with Crippen molar-refractivity contribution in [1.29, 1.82) is 0 Å². The quantitative estimate of drug-likeness (QED) is 0.792. The van der Waals surface area contributed by atoms with Gasteiger partial charge >= 0.3 is 0 Å². The van der Waals surface area contributed by atoms with E-state index in [2.05, 4.69) is 5.32 Å². The molecule has 0 saturated carbocycles. The molecule has 0 unspecified atom stereocenters. The van der Waals surface area contributed by atoms with Crippen LogP contribution in [0.15, 0.2) is 42.5 Å². The normalized spacial score (nSPS) is 10.1. The van der Waals surface area contributed by atoms with Crippen molar-refractivity contribution in [2.45, 2.75) is 13.8 Å². The second-order valence-electron chi connectivity index (χ2n) is 4.34. The van der Waals surface area contributed by atoms with Crippen molar-refractivity contribution < 1.29 is 4.79 Å². The van der Waals surface area contributed by atoms with Crippen LogP contribution < -0.4 is 11.1 Å². The predicted octanol–water partition coefficient (Wildman–Crippen LogP) is 3.14. The zero-order valence-corrected chi connectivity index (χ0v) is 10.5. The minimum atomic E-state index is -0.118. The van der Waals surface area contributed by atoms with Gasteiger partial charge in [-0.1, -0.05) is 23.8 Å². The Morgan fingerprint density at radius 2 is 1.83 bits per heavy atom. The smallest absolute Gasteiger partial charge is 0.255 e. The average Bonchev–Trinajstić information content (AvgIpc) is 2.35. The van der Waals surface area contributed by atoms with Crippen LogP contribution in [0.5, 0.6) is 0 Å². The Morgan fingerprint density at radius 3 is 2.56 bits per heavy atom. The fraction of sp³-hybridized carbons (Fsp3) is 0.133. The lowest BCUT2D eigenvalue weighted by molar-refractivity contribution is 0.102. The van der Waals surface area contributed by atoms with Crippen molar-refractivity contribution in [1.82, 2.24) is 0 Å². The van der Waals surface area contributed by atoms with Gasteiger partial charge in [-0.15, -0.1) is 0 Å². The van der Waals surface area contributed by atoms with E-state index < -0.39 is 0 Å². The highest BCUT2D eigenvalue weighted by molar-refractivity contribution is 6.05. The molecule has 0 saturated heterocycles. The number of anilines is 2. The maximum Gasteiger partial charge on any atom is 0.255 e. The molecule has 0 atom stereocenters. The largest absolute Gasteiger partial charge is 0.398 e. The van der Waals surface area contributed by atoms with Gasteiger partial charge in [0, 0.05) is 16.9 Å². The number of nitrogens with two attached hydrogens (primary N) is 1. The third-order valence-electron chi connectivity index (χ3n) is 2.90. The zero-order valence-electron chi connectivity index (χ0n) is 10.5. The first-order valence-electron chi connectivity index (χ1n) is 5.81. The number of benzene rings is 2. The molecule has 0 spiro atoms. The molecule has 3 N–H and O–H groups in total. The molecule has 2 aromatic carbocycles. The van der Waals surface area contributed by atoms with Crippen molar-refractivity contribution >= 4 is 17.3 Å². The second kappa shape index (κ2) is 4.92. The Bertz CT molecular complexity index is 591. The topological polar surface area (TPSA) is 55.1 Å². The first-order valence-corrected chi connectivity index (χ1v) is 5.81. The molecule has 2 aromatic rings. The number of carbonyl (C=O) groups excluding carboxylic acids is 1. The first kappa shape index (κ1) is 12.2. The Kier molecular flexibility index (Phi) is 3.33. The van der Waals surface area contributed by atoms with Crippen LogP contribution >= 0.6 is 0 Å². The van der Waals surface area contributed by atoms with Gasteiger partial charge in [-0.3, -0.25) is 4.79 Å². The highest BCUT2D eigenvalue weighted by atomic mass is 16.1. The minimum Gasteiger partial charge on any atom is -0.398 e. The number of aryl methyl sites for hydroxylation is 1. The fourth-order valence-corrected chi connectivity index (χ4v) is 1.77. The first-order chi connectivity index (χ1) is 8.58. The zero-order chi connectivity index (χ0) is 13.1. The van der Waals surface area contributed by atoms with Crippen molar-refractivity contribution in [2.24, 2.45) is 0 Å². The maximum atomic E-state index is 12.1. The van der Waals surface area contributed by atoms with Gasteiger partial charge in [0.05, 0.1) is 0 Å². The highest BCUT2D eigenvalue weighted by Crippen LogP contribution is 2.21. The molecule has 2 rings (SSSR count). The van der Waals surface area contributed by atoms with Crippen LogP contribution in [0.2, 0.25) is 0 Å². The summed E-state index contributed by atoms with van der Waals surface area (Å²) in [5.41, 5.74) is 9.84. The number of nitrogen functional groups attached to an aromatic ring is 1. The number of nitrogens with one attached hydrogen (secondary N) is 1. The Labute approximate surface area is 107 Å². The minimum absolute atomic E-state index is 0.118. The van der Waals surface area contributed by atoms with Crippen LogP contribution in [-0.2, 0) is 0 Å². The highest BCUT2D eigenvalue weighted by Gasteiger charge is 2.08. The van der Waals surface area contributed by atoms with E-state index in [1.165, 1.54) is 0 Å². The van der Waals surface area contributed by atoms with Crippen molar-refractivity contribution in [3.05, 3.63) is 59.2 Å². The molecular formula is C15H16N2O. The van der Waals surface area contributed by atoms with Crippen LogP contribution in [0.4, 0.5) is 11.4 Å².